The maximum Gasteiger partial charge on any atom is 0.229 e. The van der Waals surface area contributed by atoms with Crippen LogP contribution < -0.4 is 0 Å². The van der Waals surface area contributed by atoms with Crippen LogP contribution in [0.25, 0.3) is 10.9 Å². The molecule has 2 saturated heterocycles. The van der Waals surface area contributed by atoms with Gasteiger partial charge in [-0.05, 0) is 43.3 Å². The second-order valence-electron chi connectivity index (χ2n) is 6.95. The molecule has 0 radical (unpaired) electrons. The van der Waals surface area contributed by atoms with Crippen LogP contribution in [-0.2, 0) is 11.3 Å². The summed E-state index contributed by atoms with van der Waals surface area (Å²) in [6, 6.07) is 10.6. The minimum absolute atomic E-state index is 0.112. The van der Waals surface area contributed by atoms with E-state index in [0.717, 1.165) is 45.4 Å². The first kappa shape index (κ1) is 13.8. The third-order valence-corrected chi connectivity index (χ3v) is 5.36. The van der Waals surface area contributed by atoms with Crippen molar-refractivity contribution in [2.45, 2.75) is 25.8 Å². The molecule has 116 valence electrons. The van der Waals surface area contributed by atoms with Gasteiger partial charge in [-0.3, -0.25) is 9.69 Å². The Morgan fingerprint density at radius 2 is 2.09 bits per heavy atom. The van der Waals surface area contributed by atoms with Crippen LogP contribution in [0.2, 0.25) is 0 Å². The van der Waals surface area contributed by atoms with Gasteiger partial charge in [-0.15, -0.1) is 0 Å². The Bertz CT molecular complexity index is 674. The Labute approximate surface area is 131 Å². The van der Waals surface area contributed by atoms with Gasteiger partial charge in [0.25, 0.3) is 0 Å². The number of hydrogen-bond acceptors (Lipinski definition) is 2. The molecule has 1 aromatic heterocycles. The van der Waals surface area contributed by atoms with Crippen molar-refractivity contribution in [3.05, 3.63) is 36.0 Å². The van der Waals surface area contributed by atoms with Crippen LogP contribution in [0.4, 0.5) is 0 Å². The molecule has 0 unspecified atom stereocenters. The Balaban J connectivity index is 1.50. The van der Waals surface area contributed by atoms with Crippen molar-refractivity contribution in [2.75, 3.05) is 26.7 Å². The highest BCUT2D eigenvalue weighted by Crippen LogP contribution is 2.40. The topological polar surface area (TPSA) is 39.3 Å². The predicted molar refractivity (Wildman–Crippen MR) is 87.5 cm³/mol. The van der Waals surface area contributed by atoms with E-state index in [2.05, 4.69) is 40.2 Å². The summed E-state index contributed by atoms with van der Waals surface area (Å²) in [6.45, 7) is 3.76. The van der Waals surface area contributed by atoms with E-state index < -0.39 is 0 Å². The third-order valence-electron chi connectivity index (χ3n) is 5.36. The van der Waals surface area contributed by atoms with E-state index in [9.17, 15) is 4.79 Å². The van der Waals surface area contributed by atoms with Crippen LogP contribution in [0.3, 0.4) is 0 Å². The molecular formula is C18H23N3O. The van der Waals surface area contributed by atoms with Crippen molar-refractivity contribution in [2.24, 2.45) is 5.41 Å². The predicted octanol–water partition coefficient (Wildman–Crippen LogP) is 2.61. The van der Waals surface area contributed by atoms with Gasteiger partial charge in [0.15, 0.2) is 0 Å². The minimum Gasteiger partial charge on any atom is -0.357 e. The minimum atomic E-state index is -0.112. The Morgan fingerprint density at radius 3 is 2.95 bits per heavy atom. The molecule has 0 bridgehead atoms. The van der Waals surface area contributed by atoms with Crippen LogP contribution in [0, 0.1) is 5.41 Å². The molecule has 0 aliphatic carbocycles. The molecule has 4 nitrogen and oxygen atoms in total. The number of piperidine rings is 1. The highest BCUT2D eigenvalue weighted by molar-refractivity contribution is 5.84. The Kier molecular flexibility index (Phi) is 3.22. The van der Waals surface area contributed by atoms with E-state index in [1.165, 1.54) is 16.6 Å². The van der Waals surface area contributed by atoms with Crippen molar-refractivity contribution in [1.29, 1.82) is 0 Å². The molecule has 1 spiro atoms. The summed E-state index contributed by atoms with van der Waals surface area (Å²) in [5.74, 6) is 0.359. The monoisotopic (exact) mass is 297 g/mol. The summed E-state index contributed by atoms with van der Waals surface area (Å²) in [7, 11) is 1.95. The lowest BCUT2D eigenvalue weighted by Gasteiger charge is -2.37. The molecule has 4 heteroatoms. The zero-order valence-corrected chi connectivity index (χ0v) is 13.1. The molecule has 2 aliphatic heterocycles. The number of fused-ring (bicyclic) bond motifs is 1. The highest BCUT2D eigenvalue weighted by atomic mass is 16.2. The van der Waals surface area contributed by atoms with Crippen LogP contribution in [0.15, 0.2) is 30.3 Å². The van der Waals surface area contributed by atoms with Crippen molar-refractivity contribution in [3.63, 3.8) is 0 Å². The van der Waals surface area contributed by atoms with E-state index in [1.807, 2.05) is 11.9 Å². The highest BCUT2D eigenvalue weighted by Gasteiger charge is 2.47. The van der Waals surface area contributed by atoms with E-state index in [4.69, 9.17) is 0 Å². The molecule has 1 amide bonds. The molecule has 2 aromatic rings. The Hall–Kier alpha value is -1.81. The quantitative estimate of drug-likeness (QED) is 0.925. The summed E-state index contributed by atoms with van der Waals surface area (Å²) < 4.78 is 0. The second kappa shape index (κ2) is 5.13. The smallest absolute Gasteiger partial charge is 0.229 e. The lowest BCUT2D eigenvalue weighted by molar-refractivity contribution is -0.143. The third kappa shape index (κ3) is 2.22. The number of aromatic nitrogens is 1. The fourth-order valence-corrected chi connectivity index (χ4v) is 4.20. The first-order valence-electron chi connectivity index (χ1n) is 8.21. The number of nitrogens with zero attached hydrogens (tertiary/aromatic N) is 2. The maximum atomic E-state index is 12.6. The molecule has 22 heavy (non-hydrogen) atoms. The van der Waals surface area contributed by atoms with E-state index >= 15 is 0 Å². The van der Waals surface area contributed by atoms with E-state index in [0.29, 0.717) is 5.91 Å². The van der Waals surface area contributed by atoms with Crippen molar-refractivity contribution >= 4 is 16.8 Å². The number of amides is 1. The molecular weight excluding hydrogens is 274 g/mol. The number of carbonyl (C=O) groups is 1. The normalized spacial score (nSPS) is 26.4. The Morgan fingerprint density at radius 1 is 1.23 bits per heavy atom. The zero-order chi connectivity index (χ0) is 15.2. The molecule has 3 heterocycles. The van der Waals surface area contributed by atoms with Crippen LogP contribution >= 0.6 is 0 Å². The fourth-order valence-electron chi connectivity index (χ4n) is 4.20. The average Bonchev–Trinajstić information content (AvgIpc) is 3.09. The van der Waals surface area contributed by atoms with Gasteiger partial charge in [-0.1, -0.05) is 18.2 Å². The van der Waals surface area contributed by atoms with Crippen LogP contribution in [0.1, 0.15) is 25.0 Å². The van der Waals surface area contributed by atoms with Gasteiger partial charge in [0.05, 0.1) is 5.41 Å². The number of nitrogens with one attached hydrogen (secondary N) is 1. The SMILES string of the molecule is CN1CCC[C@]2(CCN(Cc3cc4ccccc4[nH]3)C2)C1=O. The number of H-pyrrole nitrogens is 1. The lowest BCUT2D eigenvalue weighted by Crippen LogP contribution is -2.48. The first-order valence-corrected chi connectivity index (χ1v) is 8.21. The molecule has 0 saturated carbocycles. The fraction of sp³-hybridized carbons (Fsp3) is 0.500. The summed E-state index contributed by atoms with van der Waals surface area (Å²) in [6.07, 6.45) is 3.21. The van der Waals surface area contributed by atoms with Gasteiger partial charge in [0.2, 0.25) is 5.91 Å². The van der Waals surface area contributed by atoms with Gasteiger partial charge in [0.1, 0.15) is 0 Å². The van der Waals surface area contributed by atoms with E-state index in [1.54, 1.807) is 0 Å². The number of para-hydroxylation sites is 1. The first-order chi connectivity index (χ1) is 10.7. The number of aromatic amines is 1. The van der Waals surface area contributed by atoms with Crippen molar-refractivity contribution in [1.82, 2.24) is 14.8 Å². The summed E-state index contributed by atoms with van der Waals surface area (Å²) in [5, 5.41) is 1.26. The van der Waals surface area contributed by atoms with Gasteiger partial charge < -0.3 is 9.88 Å². The number of likely N-dealkylation sites (tertiary alicyclic amines) is 2. The molecule has 1 N–H and O–H groups in total. The maximum absolute atomic E-state index is 12.6. The summed E-state index contributed by atoms with van der Waals surface area (Å²) in [4.78, 5) is 20.4. The molecule has 2 fully saturated rings. The van der Waals surface area contributed by atoms with Crippen molar-refractivity contribution in [3.8, 4) is 0 Å². The molecule has 4 rings (SSSR count). The largest absolute Gasteiger partial charge is 0.357 e. The van der Waals surface area contributed by atoms with Gasteiger partial charge in [0, 0.05) is 37.9 Å². The summed E-state index contributed by atoms with van der Waals surface area (Å²) in [5.41, 5.74) is 2.33. The number of hydrogen-bond donors (Lipinski definition) is 1. The molecule has 1 aromatic carbocycles. The van der Waals surface area contributed by atoms with Crippen molar-refractivity contribution < 1.29 is 4.79 Å². The lowest BCUT2D eigenvalue weighted by atomic mass is 9.78. The zero-order valence-electron chi connectivity index (χ0n) is 13.1. The van der Waals surface area contributed by atoms with Gasteiger partial charge in [-0.25, -0.2) is 0 Å². The van der Waals surface area contributed by atoms with Crippen LogP contribution in [0.5, 0.6) is 0 Å². The molecule has 2 aliphatic rings. The van der Waals surface area contributed by atoms with E-state index in [-0.39, 0.29) is 5.41 Å². The van der Waals surface area contributed by atoms with Gasteiger partial charge in [-0.2, -0.15) is 0 Å². The number of carbonyl (C=O) groups excluding carboxylic acids is 1. The van der Waals surface area contributed by atoms with Crippen LogP contribution in [-0.4, -0.2) is 47.4 Å². The average molecular weight is 297 g/mol. The van der Waals surface area contributed by atoms with Gasteiger partial charge >= 0.3 is 0 Å². The second-order valence-corrected chi connectivity index (χ2v) is 6.95. The summed E-state index contributed by atoms with van der Waals surface area (Å²) >= 11 is 0. The number of rotatable bonds is 2. The number of benzene rings is 1. The standard InChI is InChI=1S/C18H23N3O/c1-20-9-4-7-18(17(20)22)8-10-21(13-18)12-15-11-14-5-2-3-6-16(14)19-15/h2-3,5-6,11,19H,4,7-10,12-13H2,1H3/t18-/m1/s1. The molecule has 1 atom stereocenters.